The van der Waals surface area contributed by atoms with Crippen molar-refractivity contribution < 1.29 is 0 Å². The van der Waals surface area contributed by atoms with E-state index in [4.69, 9.17) is 11.6 Å². The normalized spacial score (nSPS) is 26.5. The molecule has 1 aromatic rings. The van der Waals surface area contributed by atoms with E-state index in [0.717, 1.165) is 16.8 Å². The van der Waals surface area contributed by atoms with E-state index in [1.165, 1.54) is 30.8 Å². The van der Waals surface area contributed by atoms with E-state index in [0.29, 0.717) is 12.1 Å². The molecule has 108 valence electrons. The summed E-state index contributed by atoms with van der Waals surface area (Å²) < 4.78 is 0.898. The van der Waals surface area contributed by atoms with Gasteiger partial charge in [-0.2, -0.15) is 0 Å². The van der Waals surface area contributed by atoms with Gasteiger partial charge in [0.2, 0.25) is 0 Å². The van der Waals surface area contributed by atoms with Crippen LogP contribution in [-0.2, 0) is 0 Å². The van der Waals surface area contributed by atoms with Crippen molar-refractivity contribution in [2.45, 2.75) is 45.7 Å². The van der Waals surface area contributed by atoms with Gasteiger partial charge in [0, 0.05) is 30.1 Å². The maximum absolute atomic E-state index is 6.04. The Labute approximate surface area is 126 Å². The lowest BCUT2D eigenvalue weighted by atomic mass is 9.92. The van der Waals surface area contributed by atoms with Crippen LogP contribution in [0.2, 0.25) is 4.34 Å². The molecular weight excluding hydrogens is 276 g/mol. The monoisotopic (exact) mass is 300 g/mol. The lowest BCUT2D eigenvalue weighted by Gasteiger charge is -2.40. The van der Waals surface area contributed by atoms with E-state index in [9.17, 15) is 0 Å². The largest absolute Gasteiger partial charge is 0.314 e. The lowest BCUT2D eigenvalue weighted by Crippen LogP contribution is -2.48. The van der Waals surface area contributed by atoms with Crippen molar-refractivity contribution in [2.75, 3.05) is 19.6 Å². The summed E-state index contributed by atoms with van der Waals surface area (Å²) in [5, 5.41) is 3.68. The number of rotatable bonds is 5. The number of hydrogen-bond acceptors (Lipinski definition) is 3. The molecule has 0 bridgehead atoms. The minimum Gasteiger partial charge on any atom is -0.314 e. The summed E-state index contributed by atoms with van der Waals surface area (Å²) in [4.78, 5) is 3.98. The highest BCUT2D eigenvalue weighted by molar-refractivity contribution is 7.16. The maximum Gasteiger partial charge on any atom is 0.0931 e. The van der Waals surface area contributed by atoms with Gasteiger partial charge in [-0.15, -0.1) is 11.3 Å². The first-order valence-corrected chi connectivity index (χ1v) is 8.54. The fourth-order valence-electron chi connectivity index (χ4n) is 2.90. The van der Waals surface area contributed by atoms with Crippen LogP contribution in [0.4, 0.5) is 0 Å². The Morgan fingerprint density at radius 2 is 2.32 bits per heavy atom. The number of halogens is 1. The van der Waals surface area contributed by atoms with Crippen molar-refractivity contribution >= 4 is 22.9 Å². The molecule has 1 saturated heterocycles. The van der Waals surface area contributed by atoms with Gasteiger partial charge in [0.25, 0.3) is 0 Å². The average Bonchev–Trinajstić information content (AvgIpc) is 2.83. The molecular formula is C15H25ClN2S. The molecule has 0 aliphatic carbocycles. The van der Waals surface area contributed by atoms with Crippen LogP contribution in [-0.4, -0.2) is 30.6 Å². The number of likely N-dealkylation sites (tertiary alicyclic amines) is 1. The molecule has 3 atom stereocenters. The van der Waals surface area contributed by atoms with Crippen LogP contribution in [0, 0.1) is 5.92 Å². The van der Waals surface area contributed by atoms with Crippen LogP contribution in [0.1, 0.15) is 44.5 Å². The van der Waals surface area contributed by atoms with Gasteiger partial charge < -0.3 is 5.32 Å². The second-order valence-electron chi connectivity index (χ2n) is 5.64. The molecule has 0 aromatic carbocycles. The lowest BCUT2D eigenvalue weighted by molar-refractivity contribution is 0.113. The Kier molecular flexibility index (Phi) is 5.70. The molecule has 1 fully saturated rings. The standard InChI is InChI=1S/C15H25ClN2S/c1-4-8-17-13-7-9-18(10-11(13)2)12(3)14-5-6-15(16)19-14/h5-6,11-13,17H,4,7-10H2,1-3H3. The first-order chi connectivity index (χ1) is 9.11. The van der Waals surface area contributed by atoms with E-state index >= 15 is 0 Å². The molecule has 4 heteroatoms. The second-order valence-corrected chi connectivity index (χ2v) is 7.39. The minimum absolute atomic E-state index is 0.493. The van der Waals surface area contributed by atoms with E-state index in [-0.39, 0.29) is 0 Å². The zero-order valence-electron chi connectivity index (χ0n) is 12.2. The fraction of sp³-hybridized carbons (Fsp3) is 0.733. The van der Waals surface area contributed by atoms with Crippen LogP contribution in [0.3, 0.4) is 0 Å². The zero-order valence-corrected chi connectivity index (χ0v) is 13.7. The molecule has 2 rings (SSSR count). The molecule has 0 saturated carbocycles. The Hall–Kier alpha value is -0.0900. The minimum atomic E-state index is 0.493. The molecule has 1 N–H and O–H groups in total. The highest BCUT2D eigenvalue weighted by atomic mass is 35.5. The van der Waals surface area contributed by atoms with Gasteiger partial charge in [0.15, 0.2) is 0 Å². The first kappa shape index (κ1) is 15.3. The van der Waals surface area contributed by atoms with Crippen molar-refractivity contribution in [1.82, 2.24) is 10.2 Å². The Morgan fingerprint density at radius 3 is 2.89 bits per heavy atom. The second kappa shape index (κ2) is 7.07. The van der Waals surface area contributed by atoms with Gasteiger partial charge in [-0.3, -0.25) is 4.90 Å². The average molecular weight is 301 g/mol. The van der Waals surface area contributed by atoms with Gasteiger partial charge in [0.1, 0.15) is 0 Å². The molecule has 3 unspecified atom stereocenters. The number of piperidine rings is 1. The van der Waals surface area contributed by atoms with Gasteiger partial charge in [-0.1, -0.05) is 25.4 Å². The van der Waals surface area contributed by atoms with E-state index < -0.39 is 0 Å². The zero-order chi connectivity index (χ0) is 13.8. The molecule has 2 nitrogen and oxygen atoms in total. The summed E-state index contributed by atoms with van der Waals surface area (Å²) in [6.07, 6.45) is 2.47. The summed E-state index contributed by atoms with van der Waals surface area (Å²) in [6, 6.07) is 5.36. The highest BCUT2D eigenvalue weighted by Gasteiger charge is 2.28. The summed E-state index contributed by atoms with van der Waals surface area (Å²) in [5.74, 6) is 0.721. The molecule has 0 spiro atoms. The van der Waals surface area contributed by atoms with E-state index in [2.05, 4.69) is 37.1 Å². The van der Waals surface area contributed by atoms with Gasteiger partial charge in [-0.05, 0) is 44.4 Å². The van der Waals surface area contributed by atoms with E-state index in [1.807, 2.05) is 6.07 Å². The molecule has 1 aliphatic rings. The maximum atomic E-state index is 6.04. The Bertz CT molecular complexity index is 393. The number of nitrogens with zero attached hydrogens (tertiary/aromatic N) is 1. The van der Waals surface area contributed by atoms with Crippen molar-refractivity contribution in [1.29, 1.82) is 0 Å². The predicted molar refractivity (Wildman–Crippen MR) is 85.2 cm³/mol. The summed E-state index contributed by atoms with van der Waals surface area (Å²) in [5.41, 5.74) is 0. The van der Waals surface area contributed by atoms with Crippen molar-refractivity contribution in [3.63, 3.8) is 0 Å². The molecule has 1 aromatic heterocycles. The van der Waals surface area contributed by atoms with Crippen LogP contribution in [0.25, 0.3) is 0 Å². The number of hydrogen-bond donors (Lipinski definition) is 1. The van der Waals surface area contributed by atoms with Gasteiger partial charge in [0.05, 0.1) is 4.34 Å². The Balaban J connectivity index is 1.90. The van der Waals surface area contributed by atoms with E-state index in [1.54, 1.807) is 11.3 Å². The summed E-state index contributed by atoms with van der Waals surface area (Å²) >= 11 is 7.76. The van der Waals surface area contributed by atoms with Gasteiger partial charge in [-0.25, -0.2) is 0 Å². The van der Waals surface area contributed by atoms with Crippen LogP contribution >= 0.6 is 22.9 Å². The van der Waals surface area contributed by atoms with Crippen LogP contribution < -0.4 is 5.32 Å². The molecule has 19 heavy (non-hydrogen) atoms. The summed E-state index contributed by atoms with van der Waals surface area (Å²) in [7, 11) is 0. The summed E-state index contributed by atoms with van der Waals surface area (Å²) in [6.45, 7) is 10.4. The predicted octanol–water partition coefficient (Wildman–Crippen LogP) is 4.17. The highest BCUT2D eigenvalue weighted by Crippen LogP contribution is 2.32. The fourth-order valence-corrected chi connectivity index (χ4v) is 4.04. The third-order valence-corrected chi connectivity index (χ3v) is 5.55. The third kappa shape index (κ3) is 3.94. The Morgan fingerprint density at radius 1 is 1.53 bits per heavy atom. The number of nitrogens with one attached hydrogen (secondary N) is 1. The third-order valence-electron chi connectivity index (χ3n) is 4.15. The molecule has 0 amide bonds. The molecule has 1 aliphatic heterocycles. The van der Waals surface area contributed by atoms with Gasteiger partial charge >= 0.3 is 0 Å². The first-order valence-electron chi connectivity index (χ1n) is 7.34. The quantitative estimate of drug-likeness (QED) is 0.878. The SMILES string of the molecule is CCCNC1CCN(C(C)c2ccc(Cl)s2)CC1C. The van der Waals surface area contributed by atoms with Crippen molar-refractivity contribution in [3.05, 3.63) is 21.3 Å². The topological polar surface area (TPSA) is 15.3 Å². The smallest absolute Gasteiger partial charge is 0.0931 e. The van der Waals surface area contributed by atoms with Crippen LogP contribution in [0.15, 0.2) is 12.1 Å². The number of thiophene rings is 1. The van der Waals surface area contributed by atoms with Crippen LogP contribution in [0.5, 0.6) is 0 Å². The van der Waals surface area contributed by atoms with Crippen molar-refractivity contribution in [2.24, 2.45) is 5.92 Å². The molecule has 2 heterocycles. The van der Waals surface area contributed by atoms with Crippen molar-refractivity contribution in [3.8, 4) is 0 Å². The molecule has 0 radical (unpaired) electrons.